The van der Waals surface area contributed by atoms with Gasteiger partial charge in [-0.15, -0.1) is 24.8 Å². The Morgan fingerprint density at radius 1 is 1.14 bits per heavy atom. The van der Waals surface area contributed by atoms with Crippen molar-refractivity contribution in [2.75, 3.05) is 26.2 Å². The molecule has 2 atom stereocenters. The van der Waals surface area contributed by atoms with Gasteiger partial charge in [-0.3, -0.25) is 4.79 Å². The molecule has 0 saturated carbocycles. The van der Waals surface area contributed by atoms with Crippen LogP contribution in [0.25, 0.3) is 11.1 Å². The van der Waals surface area contributed by atoms with Crippen molar-refractivity contribution in [3.8, 4) is 11.1 Å². The van der Waals surface area contributed by atoms with E-state index in [0.29, 0.717) is 11.8 Å². The number of hydrogen-bond acceptors (Lipinski definition) is 4. The molecular weight excluding hydrogens is 397 g/mol. The number of hydrogen-bond donors (Lipinski definition) is 3. The summed E-state index contributed by atoms with van der Waals surface area (Å²) < 4.78 is 1.99. The molecule has 4 rings (SSSR count). The van der Waals surface area contributed by atoms with Crippen molar-refractivity contribution in [1.29, 1.82) is 0 Å². The number of pyridine rings is 1. The minimum absolute atomic E-state index is 0. The predicted molar refractivity (Wildman–Crippen MR) is 118 cm³/mol. The normalized spacial score (nSPS) is 19.9. The molecule has 0 radical (unpaired) electrons. The molecule has 5 nitrogen and oxygen atoms in total. The van der Waals surface area contributed by atoms with Crippen LogP contribution in [0.15, 0.2) is 41.2 Å². The molecule has 0 aliphatic carbocycles. The van der Waals surface area contributed by atoms with Crippen molar-refractivity contribution >= 4 is 24.8 Å². The van der Waals surface area contributed by atoms with E-state index in [1.54, 1.807) is 6.07 Å². The van der Waals surface area contributed by atoms with Crippen LogP contribution >= 0.6 is 24.8 Å². The van der Waals surface area contributed by atoms with Crippen LogP contribution in [0.2, 0.25) is 0 Å². The number of nitrogens with one attached hydrogen (secondary N) is 2. The minimum Gasteiger partial charge on any atom is -0.396 e. The summed E-state index contributed by atoms with van der Waals surface area (Å²) in [6.45, 7) is 4.61. The van der Waals surface area contributed by atoms with Gasteiger partial charge in [0.1, 0.15) is 0 Å². The Kier molecular flexibility index (Phi) is 8.53. The first kappa shape index (κ1) is 22.9. The molecule has 2 aliphatic rings. The van der Waals surface area contributed by atoms with Crippen molar-refractivity contribution in [2.24, 2.45) is 5.92 Å². The number of aliphatic hydroxyl groups is 1. The molecule has 2 aromatic rings. The highest BCUT2D eigenvalue weighted by Crippen LogP contribution is 2.33. The minimum atomic E-state index is 0. The molecule has 28 heavy (non-hydrogen) atoms. The topological polar surface area (TPSA) is 66.3 Å². The second kappa shape index (κ2) is 10.4. The van der Waals surface area contributed by atoms with Gasteiger partial charge in [-0.1, -0.05) is 18.2 Å². The van der Waals surface area contributed by atoms with Gasteiger partial charge >= 0.3 is 0 Å². The summed E-state index contributed by atoms with van der Waals surface area (Å²) in [5.74, 6) is 1.02. The van der Waals surface area contributed by atoms with Crippen LogP contribution in [-0.2, 0) is 13.1 Å². The van der Waals surface area contributed by atoms with Gasteiger partial charge < -0.3 is 20.3 Å². The molecule has 0 spiro atoms. The van der Waals surface area contributed by atoms with E-state index in [1.165, 1.54) is 17.7 Å². The molecule has 154 valence electrons. The summed E-state index contributed by atoms with van der Waals surface area (Å²) in [7, 11) is 0. The van der Waals surface area contributed by atoms with E-state index < -0.39 is 0 Å². The van der Waals surface area contributed by atoms with Crippen LogP contribution in [0.5, 0.6) is 0 Å². The number of aromatic nitrogens is 1. The standard InChI is InChI=1S/C21H27N3O2.2ClH/c25-6-2-5-22-11-15-3-1-4-17(7-15)18-9-20-19-8-16(12-23-13-19)14-24(20)21(26)10-18;;/h1,3-4,7,9-10,16,19,22-23,25H,2,5-6,8,11-14H2;2*1H/t16-,19+;;/m0../s1. The molecular formula is C21H29Cl2N3O2. The monoisotopic (exact) mass is 425 g/mol. The maximum atomic E-state index is 12.7. The van der Waals surface area contributed by atoms with E-state index in [4.69, 9.17) is 5.11 Å². The quantitative estimate of drug-likeness (QED) is 0.622. The average Bonchev–Trinajstić information content (AvgIpc) is 2.66. The molecule has 2 bridgehead atoms. The summed E-state index contributed by atoms with van der Waals surface area (Å²) in [5.41, 5.74) is 4.61. The van der Waals surface area contributed by atoms with Crippen molar-refractivity contribution < 1.29 is 5.11 Å². The Labute approximate surface area is 178 Å². The van der Waals surface area contributed by atoms with Gasteiger partial charge in [-0.2, -0.15) is 0 Å². The summed E-state index contributed by atoms with van der Waals surface area (Å²) in [6, 6.07) is 12.4. The van der Waals surface area contributed by atoms with Gasteiger partial charge in [0.2, 0.25) is 0 Å². The summed E-state index contributed by atoms with van der Waals surface area (Å²) in [6.07, 6.45) is 1.95. The first-order chi connectivity index (χ1) is 12.7. The fourth-order valence-electron chi connectivity index (χ4n) is 4.27. The number of aliphatic hydroxyl groups excluding tert-OH is 1. The van der Waals surface area contributed by atoms with E-state index in [1.807, 2.05) is 10.6 Å². The number of rotatable bonds is 6. The Morgan fingerprint density at radius 3 is 2.82 bits per heavy atom. The SMILES string of the molecule is Cl.Cl.O=c1cc(-c2cccc(CNCCCO)c2)cc2n1C[C@@H]1CNC[C@H]2C1. The Morgan fingerprint density at radius 2 is 2.00 bits per heavy atom. The van der Waals surface area contributed by atoms with E-state index in [9.17, 15) is 4.79 Å². The summed E-state index contributed by atoms with van der Waals surface area (Å²) >= 11 is 0. The van der Waals surface area contributed by atoms with Crippen molar-refractivity contribution in [1.82, 2.24) is 15.2 Å². The molecule has 3 heterocycles. The number of piperidine rings is 1. The highest BCUT2D eigenvalue weighted by molar-refractivity contribution is 5.85. The average molecular weight is 426 g/mol. The lowest BCUT2D eigenvalue weighted by molar-refractivity contribution is 0.257. The Hall–Kier alpha value is -1.37. The molecule has 1 aromatic heterocycles. The lowest BCUT2D eigenvalue weighted by atomic mass is 9.83. The van der Waals surface area contributed by atoms with Crippen molar-refractivity contribution in [2.45, 2.75) is 31.8 Å². The van der Waals surface area contributed by atoms with Gasteiger partial charge in [-0.25, -0.2) is 0 Å². The van der Waals surface area contributed by atoms with Crippen LogP contribution in [0, 0.1) is 5.92 Å². The number of nitrogens with zero attached hydrogens (tertiary/aromatic N) is 1. The highest BCUT2D eigenvalue weighted by atomic mass is 35.5. The largest absolute Gasteiger partial charge is 0.396 e. The molecule has 7 heteroatoms. The lowest BCUT2D eigenvalue weighted by Gasteiger charge is -2.37. The van der Waals surface area contributed by atoms with Gasteiger partial charge in [0.25, 0.3) is 5.56 Å². The van der Waals surface area contributed by atoms with E-state index in [0.717, 1.165) is 50.3 Å². The molecule has 2 aliphatic heterocycles. The smallest absolute Gasteiger partial charge is 0.251 e. The molecule has 1 saturated heterocycles. The molecule has 1 fully saturated rings. The zero-order chi connectivity index (χ0) is 17.9. The zero-order valence-electron chi connectivity index (χ0n) is 15.9. The second-order valence-electron chi connectivity index (χ2n) is 7.53. The number of benzene rings is 1. The molecule has 0 unspecified atom stereocenters. The zero-order valence-corrected chi connectivity index (χ0v) is 17.5. The number of fused-ring (bicyclic) bond motifs is 4. The first-order valence-electron chi connectivity index (χ1n) is 9.61. The van der Waals surface area contributed by atoms with Gasteiger partial charge in [0, 0.05) is 43.9 Å². The third kappa shape index (κ3) is 4.97. The van der Waals surface area contributed by atoms with Crippen LogP contribution < -0.4 is 16.2 Å². The summed E-state index contributed by atoms with van der Waals surface area (Å²) in [5, 5.41) is 15.7. The van der Waals surface area contributed by atoms with Gasteiger partial charge in [0.05, 0.1) is 0 Å². The fourth-order valence-corrected chi connectivity index (χ4v) is 4.27. The number of halogens is 2. The molecule has 1 aromatic carbocycles. The lowest BCUT2D eigenvalue weighted by Crippen LogP contribution is -2.44. The fraction of sp³-hybridized carbons (Fsp3) is 0.476. The van der Waals surface area contributed by atoms with Crippen LogP contribution in [0.3, 0.4) is 0 Å². The molecule has 0 amide bonds. The maximum Gasteiger partial charge on any atom is 0.251 e. The third-order valence-corrected chi connectivity index (χ3v) is 5.56. The van der Waals surface area contributed by atoms with E-state index in [2.05, 4.69) is 34.9 Å². The Bertz CT molecular complexity index is 841. The van der Waals surface area contributed by atoms with Crippen molar-refractivity contribution in [3.05, 3.63) is 58.0 Å². The third-order valence-electron chi connectivity index (χ3n) is 5.56. The van der Waals surface area contributed by atoms with Crippen LogP contribution in [0.4, 0.5) is 0 Å². The first-order valence-corrected chi connectivity index (χ1v) is 9.61. The second-order valence-corrected chi connectivity index (χ2v) is 7.53. The van der Waals surface area contributed by atoms with E-state index >= 15 is 0 Å². The predicted octanol–water partition coefficient (Wildman–Crippen LogP) is 2.54. The maximum absolute atomic E-state index is 12.7. The van der Waals surface area contributed by atoms with Crippen molar-refractivity contribution in [3.63, 3.8) is 0 Å². The van der Waals surface area contributed by atoms with Gasteiger partial charge in [0.15, 0.2) is 0 Å². The van der Waals surface area contributed by atoms with Gasteiger partial charge in [-0.05, 0) is 60.7 Å². The summed E-state index contributed by atoms with van der Waals surface area (Å²) in [4.78, 5) is 12.7. The van der Waals surface area contributed by atoms with E-state index in [-0.39, 0.29) is 37.0 Å². The van der Waals surface area contributed by atoms with Crippen LogP contribution in [-0.4, -0.2) is 35.9 Å². The molecule has 3 N–H and O–H groups in total. The highest BCUT2D eigenvalue weighted by Gasteiger charge is 2.31. The van der Waals surface area contributed by atoms with Crippen LogP contribution in [0.1, 0.15) is 30.0 Å². The Balaban J connectivity index is 0.00000140.